The van der Waals surface area contributed by atoms with E-state index in [1.54, 1.807) is 0 Å². The summed E-state index contributed by atoms with van der Waals surface area (Å²) in [5.74, 6) is -2.84. The summed E-state index contributed by atoms with van der Waals surface area (Å²) in [7, 11) is 0. The minimum absolute atomic E-state index is 0.0500. The van der Waals surface area contributed by atoms with Crippen LogP contribution >= 0.6 is 0 Å². The van der Waals surface area contributed by atoms with Crippen molar-refractivity contribution >= 4 is 17.7 Å². The number of ketones is 1. The maximum atomic E-state index is 11.0. The number of rotatable bonds is 5. The molecule has 3 N–H and O–H groups in total. The van der Waals surface area contributed by atoms with Crippen LogP contribution in [0.5, 0.6) is 0 Å². The number of nitrogens with one attached hydrogen (secondary N) is 2. The van der Waals surface area contributed by atoms with E-state index in [2.05, 4.69) is 15.3 Å². The fourth-order valence-electron chi connectivity index (χ4n) is 1.08. The van der Waals surface area contributed by atoms with Gasteiger partial charge in [-0.2, -0.15) is 0 Å². The summed E-state index contributed by atoms with van der Waals surface area (Å²) < 4.78 is 0. The Morgan fingerprint density at radius 1 is 1.56 bits per heavy atom. The Morgan fingerprint density at radius 2 is 2.25 bits per heavy atom. The summed E-state index contributed by atoms with van der Waals surface area (Å²) in [5.41, 5.74) is 0.566. The number of carboxylic acid groups (broad SMARTS) is 1. The molecule has 0 bridgehead atoms. The molecule has 0 radical (unpaired) electrons. The zero-order valence-corrected chi connectivity index (χ0v) is 8.56. The van der Waals surface area contributed by atoms with E-state index in [1.807, 2.05) is 0 Å². The molecule has 1 atom stereocenters. The van der Waals surface area contributed by atoms with Crippen LogP contribution in [0.3, 0.4) is 0 Å². The van der Waals surface area contributed by atoms with E-state index >= 15 is 0 Å². The summed E-state index contributed by atoms with van der Waals surface area (Å²) in [6.07, 6.45) is 2.91. The molecule has 0 aromatic carbocycles. The lowest BCUT2D eigenvalue weighted by molar-refractivity contribution is -0.143. The second kappa shape index (κ2) is 5.06. The molecule has 86 valence electrons. The first kappa shape index (κ1) is 11.9. The Kier molecular flexibility index (Phi) is 3.76. The first-order valence-corrected chi connectivity index (χ1v) is 4.52. The van der Waals surface area contributed by atoms with Crippen molar-refractivity contribution in [3.8, 4) is 0 Å². The number of amides is 1. The van der Waals surface area contributed by atoms with Gasteiger partial charge < -0.3 is 15.4 Å². The molecule has 0 saturated carbocycles. The molecule has 1 rings (SSSR count). The first-order chi connectivity index (χ1) is 7.50. The number of H-pyrrole nitrogens is 1. The standard InChI is InChI=1S/C9H11N3O4/c1-5(13)8(14)12-7(9(15)16)2-6-3-10-4-11-6/h3-4,7H,2H2,1H3,(H,10,11)(H,12,14)(H,15,16). The fraction of sp³-hybridized carbons (Fsp3) is 0.333. The van der Waals surface area contributed by atoms with Crippen LogP contribution in [-0.4, -0.2) is 38.8 Å². The quantitative estimate of drug-likeness (QED) is 0.563. The van der Waals surface area contributed by atoms with Crippen molar-refractivity contribution in [3.05, 3.63) is 18.2 Å². The van der Waals surface area contributed by atoms with Crippen molar-refractivity contribution in [1.29, 1.82) is 0 Å². The number of aliphatic carboxylic acids is 1. The third kappa shape index (κ3) is 3.19. The Morgan fingerprint density at radius 3 is 2.69 bits per heavy atom. The van der Waals surface area contributed by atoms with Crippen LogP contribution in [0.2, 0.25) is 0 Å². The molecule has 16 heavy (non-hydrogen) atoms. The molecule has 0 aliphatic heterocycles. The van der Waals surface area contributed by atoms with E-state index in [0.29, 0.717) is 5.69 Å². The van der Waals surface area contributed by atoms with Crippen LogP contribution in [0.25, 0.3) is 0 Å². The van der Waals surface area contributed by atoms with E-state index in [4.69, 9.17) is 5.11 Å². The first-order valence-electron chi connectivity index (χ1n) is 4.52. The maximum absolute atomic E-state index is 11.0. The molecule has 7 heteroatoms. The molecule has 0 fully saturated rings. The van der Waals surface area contributed by atoms with Crippen molar-refractivity contribution in [2.75, 3.05) is 0 Å². The van der Waals surface area contributed by atoms with Gasteiger partial charge in [0.25, 0.3) is 5.91 Å². The van der Waals surface area contributed by atoms with E-state index in [1.165, 1.54) is 12.5 Å². The predicted molar refractivity (Wildman–Crippen MR) is 52.5 cm³/mol. The van der Waals surface area contributed by atoms with Gasteiger partial charge in [0.05, 0.1) is 6.33 Å². The number of Topliss-reactive ketones (excluding diaryl/α,β-unsaturated/α-hetero) is 1. The monoisotopic (exact) mass is 225 g/mol. The van der Waals surface area contributed by atoms with Gasteiger partial charge in [0.2, 0.25) is 5.78 Å². The molecule has 0 spiro atoms. The fourth-order valence-corrected chi connectivity index (χ4v) is 1.08. The van der Waals surface area contributed by atoms with Crippen LogP contribution < -0.4 is 5.32 Å². The highest BCUT2D eigenvalue weighted by molar-refractivity contribution is 6.35. The molecule has 1 aromatic rings. The third-order valence-corrected chi connectivity index (χ3v) is 1.90. The smallest absolute Gasteiger partial charge is 0.326 e. The highest BCUT2D eigenvalue weighted by Gasteiger charge is 2.22. The molecule has 1 unspecified atom stereocenters. The van der Waals surface area contributed by atoms with Crippen molar-refractivity contribution in [2.24, 2.45) is 0 Å². The number of aromatic nitrogens is 2. The number of imidazole rings is 1. The minimum Gasteiger partial charge on any atom is -0.480 e. The van der Waals surface area contributed by atoms with Crippen LogP contribution in [-0.2, 0) is 20.8 Å². The SMILES string of the molecule is CC(=O)C(=O)NC(Cc1cnc[nH]1)C(=O)O. The van der Waals surface area contributed by atoms with Crippen molar-refractivity contribution in [2.45, 2.75) is 19.4 Å². The second-order valence-corrected chi connectivity index (χ2v) is 3.20. The Balaban J connectivity index is 2.65. The molecule has 0 aliphatic carbocycles. The number of carbonyl (C=O) groups is 3. The minimum atomic E-state index is -1.20. The van der Waals surface area contributed by atoms with Gasteiger partial charge in [-0.15, -0.1) is 0 Å². The number of nitrogens with zero attached hydrogens (tertiary/aromatic N) is 1. The van der Waals surface area contributed by atoms with Crippen molar-refractivity contribution < 1.29 is 19.5 Å². The Bertz CT molecular complexity index is 399. The van der Waals surface area contributed by atoms with Gasteiger partial charge in [0, 0.05) is 25.2 Å². The van der Waals surface area contributed by atoms with E-state index < -0.39 is 23.7 Å². The predicted octanol–water partition coefficient (Wildman–Crippen LogP) is -0.889. The Labute approximate surface area is 90.9 Å². The summed E-state index contributed by atoms with van der Waals surface area (Å²) >= 11 is 0. The molecule has 0 saturated heterocycles. The average Bonchev–Trinajstić information content (AvgIpc) is 2.68. The molecule has 1 aromatic heterocycles. The summed E-state index contributed by atoms with van der Waals surface area (Å²) in [6.45, 7) is 1.07. The topological polar surface area (TPSA) is 112 Å². The lowest BCUT2D eigenvalue weighted by Crippen LogP contribution is -2.44. The van der Waals surface area contributed by atoms with Gasteiger partial charge in [-0.05, 0) is 0 Å². The molecular formula is C9H11N3O4. The van der Waals surface area contributed by atoms with Gasteiger partial charge in [-0.3, -0.25) is 9.59 Å². The van der Waals surface area contributed by atoms with Gasteiger partial charge in [-0.1, -0.05) is 0 Å². The number of carboxylic acids is 1. The summed E-state index contributed by atoms with van der Waals surface area (Å²) in [4.78, 5) is 39.0. The van der Waals surface area contributed by atoms with Crippen molar-refractivity contribution in [3.63, 3.8) is 0 Å². The molecular weight excluding hydrogens is 214 g/mol. The van der Waals surface area contributed by atoms with Gasteiger partial charge in [0.15, 0.2) is 0 Å². The number of hydrogen-bond donors (Lipinski definition) is 3. The normalized spacial score (nSPS) is 11.8. The Hall–Kier alpha value is -2.18. The molecule has 7 nitrogen and oxygen atoms in total. The van der Waals surface area contributed by atoms with Crippen LogP contribution in [0.1, 0.15) is 12.6 Å². The van der Waals surface area contributed by atoms with Gasteiger partial charge in [0.1, 0.15) is 6.04 Å². The van der Waals surface area contributed by atoms with Gasteiger partial charge >= 0.3 is 5.97 Å². The molecule has 0 aliphatic rings. The zero-order valence-electron chi connectivity index (χ0n) is 8.56. The molecule has 1 amide bonds. The highest BCUT2D eigenvalue weighted by Crippen LogP contribution is 1.98. The average molecular weight is 225 g/mol. The number of carbonyl (C=O) groups excluding carboxylic acids is 2. The van der Waals surface area contributed by atoms with Crippen LogP contribution in [0.15, 0.2) is 12.5 Å². The van der Waals surface area contributed by atoms with E-state index in [0.717, 1.165) is 6.92 Å². The largest absolute Gasteiger partial charge is 0.480 e. The molecule has 1 heterocycles. The van der Waals surface area contributed by atoms with E-state index in [9.17, 15) is 14.4 Å². The second-order valence-electron chi connectivity index (χ2n) is 3.20. The lowest BCUT2D eigenvalue weighted by atomic mass is 10.1. The highest BCUT2D eigenvalue weighted by atomic mass is 16.4. The third-order valence-electron chi connectivity index (χ3n) is 1.90. The van der Waals surface area contributed by atoms with Crippen LogP contribution in [0.4, 0.5) is 0 Å². The summed E-state index contributed by atoms with van der Waals surface area (Å²) in [5, 5.41) is 11.0. The number of hydrogen-bond acceptors (Lipinski definition) is 4. The summed E-state index contributed by atoms with van der Waals surface area (Å²) in [6, 6.07) is -1.14. The van der Waals surface area contributed by atoms with Gasteiger partial charge in [-0.25, -0.2) is 9.78 Å². The van der Waals surface area contributed by atoms with Crippen LogP contribution in [0, 0.1) is 0 Å². The van der Waals surface area contributed by atoms with Crippen molar-refractivity contribution in [1.82, 2.24) is 15.3 Å². The maximum Gasteiger partial charge on any atom is 0.326 e. The van der Waals surface area contributed by atoms with E-state index in [-0.39, 0.29) is 6.42 Å². The zero-order chi connectivity index (χ0) is 12.1. The lowest BCUT2D eigenvalue weighted by Gasteiger charge is -2.11. The number of aromatic amines is 1.